The molecule has 1 saturated heterocycles. The first-order valence-corrected chi connectivity index (χ1v) is 5.67. The van der Waals surface area contributed by atoms with E-state index < -0.39 is 5.60 Å². The van der Waals surface area contributed by atoms with E-state index in [1.807, 2.05) is 20.8 Å². The molecule has 1 amide bonds. The van der Waals surface area contributed by atoms with Crippen molar-refractivity contribution in [1.82, 2.24) is 4.90 Å². The van der Waals surface area contributed by atoms with Crippen LogP contribution in [0.25, 0.3) is 0 Å². The van der Waals surface area contributed by atoms with Gasteiger partial charge in [-0.25, -0.2) is 4.79 Å². The number of piperidine rings is 1. The largest absolute Gasteiger partial charge is 0.444 e. The maximum absolute atomic E-state index is 11.7. The molecule has 0 aliphatic carbocycles. The fourth-order valence-corrected chi connectivity index (χ4v) is 1.74. The summed E-state index contributed by atoms with van der Waals surface area (Å²) < 4.78 is 6.25. The van der Waals surface area contributed by atoms with Crippen LogP contribution in [0.2, 0.25) is 0 Å². The van der Waals surface area contributed by atoms with Gasteiger partial charge in [0, 0.05) is 30.8 Å². The highest BCUT2D eigenvalue weighted by Gasteiger charge is 2.31. The van der Waals surface area contributed by atoms with Gasteiger partial charge < -0.3 is 9.64 Å². The van der Waals surface area contributed by atoms with Crippen molar-refractivity contribution in [2.24, 2.45) is 0 Å². The number of carbonyl (C=O) groups is 1. The van der Waals surface area contributed by atoms with E-state index in [4.69, 9.17) is 4.74 Å². The Bertz CT molecular complexity index is 275. The van der Waals surface area contributed by atoms with Crippen LogP contribution in [0.4, 0.5) is 4.79 Å². The minimum Gasteiger partial charge on any atom is -0.444 e. The van der Waals surface area contributed by atoms with Crippen LogP contribution in [-0.4, -0.2) is 47.5 Å². The molecule has 1 rings (SSSR count). The van der Waals surface area contributed by atoms with Gasteiger partial charge in [-0.15, -0.1) is 0 Å². The Balaban J connectivity index is 2.42. The van der Waals surface area contributed by atoms with Gasteiger partial charge >= 0.3 is 6.09 Å². The minimum absolute atomic E-state index is 0.0405. The second kappa shape index (κ2) is 4.80. The Morgan fingerprint density at radius 1 is 1.31 bits per heavy atom. The maximum atomic E-state index is 11.7. The van der Waals surface area contributed by atoms with Gasteiger partial charge in [-0.3, -0.25) is 0 Å². The standard InChI is InChI=1S/C11H21N2O3/c1-11(2,3)16-10(14)13-7-5-9(6-8-13)12(4)15/h9H,5-8H2,1-4H3/q+1. The first kappa shape index (κ1) is 12.9. The summed E-state index contributed by atoms with van der Waals surface area (Å²) in [5.74, 6) is 0. The molecular weight excluding hydrogens is 208 g/mol. The number of carbonyl (C=O) groups excluding carboxylic acids is 1. The predicted molar refractivity (Wildman–Crippen MR) is 60.4 cm³/mol. The number of hydrogen-bond acceptors (Lipinski definition) is 3. The van der Waals surface area contributed by atoms with E-state index in [0.717, 1.165) is 17.6 Å². The van der Waals surface area contributed by atoms with Gasteiger partial charge in [-0.05, 0) is 25.5 Å². The van der Waals surface area contributed by atoms with Gasteiger partial charge in [0.15, 0.2) is 7.05 Å². The lowest BCUT2D eigenvalue weighted by atomic mass is 10.1. The highest BCUT2D eigenvalue weighted by Crippen LogP contribution is 2.16. The Morgan fingerprint density at radius 3 is 2.19 bits per heavy atom. The van der Waals surface area contributed by atoms with Crippen LogP contribution in [0.5, 0.6) is 0 Å². The first-order chi connectivity index (χ1) is 7.29. The average Bonchev–Trinajstić information content (AvgIpc) is 2.15. The van der Waals surface area contributed by atoms with Gasteiger partial charge in [-0.1, -0.05) is 0 Å². The summed E-state index contributed by atoms with van der Waals surface area (Å²) in [5, 5.41) is 0. The molecule has 0 saturated carbocycles. The molecule has 0 aromatic carbocycles. The Hall–Kier alpha value is -1.13. The lowest BCUT2D eigenvalue weighted by Crippen LogP contribution is -2.44. The molecule has 0 N–H and O–H groups in total. The van der Waals surface area contributed by atoms with Crippen LogP contribution in [0.1, 0.15) is 33.6 Å². The molecule has 1 fully saturated rings. The Morgan fingerprint density at radius 2 is 1.81 bits per heavy atom. The Kier molecular flexibility index (Phi) is 3.88. The van der Waals surface area contributed by atoms with Crippen LogP contribution >= 0.6 is 0 Å². The zero-order chi connectivity index (χ0) is 12.3. The smallest absolute Gasteiger partial charge is 0.410 e. The molecule has 0 aromatic heterocycles. The molecule has 0 radical (unpaired) electrons. The van der Waals surface area contributed by atoms with Gasteiger partial charge in [0.1, 0.15) is 5.60 Å². The summed E-state index contributed by atoms with van der Waals surface area (Å²) in [5.41, 5.74) is -0.455. The first-order valence-electron chi connectivity index (χ1n) is 5.67. The van der Waals surface area contributed by atoms with Crippen molar-refractivity contribution in [3.05, 3.63) is 4.91 Å². The van der Waals surface area contributed by atoms with Gasteiger partial charge in [0.05, 0.1) is 0 Å². The summed E-state index contributed by atoms with van der Waals surface area (Å²) >= 11 is 0. The van der Waals surface area contributed by atoms with Crippen molar-refractivity contribution < 1.29 is 14.3 Å². The van der Waals surface area contributed by atoms with Crippen molar-refractivity contribution in [1.29, 1.82) is 0 Å². The highest BCUT2D eigenvalue weighted by atomic mass is 16.6. The molecule has 16 heavy (non-hydrogen) atoms. The zero-order valence-electron chi connectivity index (χ0n) is 10.5. The second-order valence-electron chi connectivity index (χ2n) is 5.24. The molecule has 0 bridgehead atoms. The number of nitroso groups, excluding NO2 is 1. The van der Waals surface area contributed by atoms with Crippen LogP contribution in [0, 0.1) is 4.91 Å². The van der Waals surface area contributed by atoms with Crippen LogP contribution in [0.15, 0.2) is 0 Å². The number of nitrogens with zero attached hydrogens (tertiary/aromatic N) is 2. The number of likely N-dealkylation sites (tertiary alicyclic amines) is 1. The van der Waals surface area contributed by atoms with E-state index in [9.17, 15) is 9.70 Å². The fraction of sp³-hybridized carbons (Fsp3) is 0.909. The summed E-state index contributed by atoms with van der Waals surface area (Å²) in [6.45, 7) is 6.76. The summed E-state index contributed by atoms with van der Waals surface area (Å²) in [4.78, 5) is 24.5. The lowest BCUT2D eigenvalue weighted by molar-refractivity contribution is -0.562. The third-order valence-corrected chi connectivity index (χ3v) is 2.63. The molecule has 1 heterocycles. The summed E-state index contributed by atoms with van der Waals surface area (Å²) in [6, 6.07) is 0.0405. The number of hydrogen-bond donors (Lipinski definition) is 0. The van der Waals surface area contributed by atoms with Crippen molar-refractivity contribution in [2.45, 2.75) is 45.3 Å². The van der Waals surface area contributed by atoms with E-state index in [2.05, 4.69) is 0 Å². The van der Waals surface area contributed by atoms with Gasteiger partial charge in [-0.2, -0.15) is 0 Å². The molecule has 0 unspecified atom stereocenters. The molecular formula is C11H21N2O3+. The van der Waals surface area contributed by atoms with Crippen LogP contribution in [-0.2, 0) is 4.74 Å². The second-order valence-corrected chi connectivity index (χ2v) is 5.24. The van der Waals surface area contributed by atoms with E-state index in [-0.39, 0.29) is 12.1 Å². The van der Waals surface area contributed by atoms with Crippen LogP contribution < -0.4 is 0 Å². The van der Waals surface area contributed by atoms with Crippen molar-refractivity contribution >= 4 is 6.09 Å². The molecule has 5 heteroatoms. The minimum atomic E-state index is -0.455. The van der Waals surface area contributed by atoms with Gasteiger partial charge in [0.25, 0.3) is 0 Å². The van der Waals surface area contributed by atoms with E-state index in [1.54, 1.807) is 4.90 Å². The molecule has 5 nitrogen and oxygen atoms in total. The monoisotopic (exact) mass is 229 g/mol. The van der Waals surface area contributed by atoms with Crippen molar-refractivity contribution in [3.8, 4) is 0 Å². The van der Waals surface area contributed by atoms with E-state index in [1.165, 1.54) is 7.05 Å². The van der Waals surface area contributed by atoms with E-state index >= 15 is 0 Å². The quantitative estimate of drug-likeness (QED) is 0.644. The van der Waals surface area contributed by atoms with Crippen LogP contribution in [0.3, 0.4) is 0 Å². The van der Waals surface area contributed by atoms with Gasteiger partial charge in [0.2, 0.25) is 6.04 Å². The molecule has 0 atom stereocenters. The normalized spacial score (nSPS) is 18.4. The molecule has 1 aliphatic rings. The molecule has 0 aromatic rings. The molecule has 1 aliphatic heterocycles. The van der Waals surface area contributed by atoms with E-state index in [0.29, 0.717) is 13.1 Å². The summed E-state index contributed by atoms with van der Waals surface area (Å²) in [6.07, 6.45) is 1.16. The zero-order valence-corrected chi connectivity index (χ0v) is 10.5. The van der Waals surface area contributed by atoms with Crippen molar-refractivity contribution in [3.63, 3.8) is 0 Å². The molecule has 0 spiro atoms. The maximum Gasteiger partial charge on any atom is 0.410 e. The Labute approximate surface area is 96.3 Å². The SMILES string of the molecule is C[N+](=O)C1CCN(C(=O)OC(C)(C)C)CC1. The third kappa shape index (κ3) is 3.79. The fourth-order valence-electron chi connectivity index (χ4n) is 1.74. The average molecular weight is 229 g/mol. The number of amides is 1. The molecule has 92 valence electrons. The number of ether oxygens (including phenoxy) is 1. The number of rotatable bonds is 1. The van der Waals surface area contributed by atoms with Crippen molar-refractivity contribution in [2.75, 3.05) is 20.1 Å². The summed E-state index contributed by atoms with van der Waals surface area (Å²) in [7, 11) is 1.54. The topological polar surface area (TPSA) is 49.6 Å². The third-order valence-electron chi connectivity index (χ3n) is 2.63. The predicted octanol–water partition coefficient (Wildman–Crippen LogP) is 1.79. The highest BCUT2D eigenvalue weighted by molar-refractivity contribution is 5.68. The lowest BCUT2D eigenvalue weighted by Gasteiger charge is -2.30.